The molecule has 0 saturated carbocycles. The second-order valence-corrected chi connectivity index (χ2v) is 7.85. The van der Waals surface area contributed by atoms with Crippen molar-refractivity contribution in [2.24, 2.45) is 5.92 Å². The van der Waals surface area contributed by atoms with Crippen molar-refractivity contribution in [3.63, 3.8) is 0 Å². The van der Waals surface area contributed by atoms with Crippen molar-refractivity contribution >= 4 is 23.4 Å². The van der Waals surface area contributed by atoms with Crippen molar-refractivity contribution in [2.75, 3.05) is 27.3 Å². The van der Waals surface area contributed by atoms with Gasteiger partial charge in [-0.3, -0.25) is 9.59 Å². The molecule has 1 saturated heterocycles. The van der Waals surface area contributed by atoms with Crippen LogP contribution in [0, 0.1) is 5.92 Å². The number of nitrogens with one attached hydrogen (secondary N) is 1. The van der Waals surface area contributed by atoms with Crippen molar-refractivity contribution < 1.29 is 19.1 Å². The molecular weight excluding hydrogens is 404 g/mol. The highest BCUT2D eigenvalue weighted by Crippen LogP contribution is 2.29. The van der Waals surface area contributed by atoms with E-state index in [1.807, 2.05) is 31.2 Å². The quantitative estimate of drug-likeness (QED) is 0.749. The number of hydrogen-bond donors (Lipinski definition) is 1. The number of benzene rings is 2. The number of methoxy groups -OCH3 is 2. The number of carbonyl (C=O) groups excluding carboxylic acids is 2. The molecule has 0 spiro atoms. The van der Waals surface area contributed by atoms with Gasteiger partial charge >= 0.3 is 0 Å². The fraction of sp³-hybridized carbons (Fsp3) is 0.391. The Bertz CT molecular complexity index is 893. The minimum Gasteiger partial charge on any atom is -0.493 e. The Morgan fingerprint density at radius 2 is 1.67 bits per heavy atom. The van der Waals surface area contributed by atoms with Gasteiger partial charge in [-0.2, -0.15) is 0 Å². The van der Waals surface area contributed by atoms with E-state index in [-0.39, 0.29) is 23.8 Å². The Balaban J connectivity index is 1.55. The standard InChI is InChI=1S/C23H27ClN2O4/c1-15(16-4-7-19(24)8-5-16)25-22(27)17-10-12-26(13-11-17)23(28)18-6-9-20(29-2)21(14-18)30-3/h4-9,14-15,17H,10-13H2,1-3H3,(H,25,27). The normalized spacial score (nSPS) is 15.4. The van der Waals surface area contributed by atoms with Crippen LogP contribution < -0.4 is 14.8 Å². The number of hydrogen-bond acceptors (Lipinski definition) is 4. The zero-order chi connectivity index (χ0) is 21.7. The summed E-state index contributed by atoms with van der Waals surface area (Å²) in [6.45, 7) is 3.04. The minimum atomic E-state index is -0.103. The maximum absolute atomic E-state index is 12.9. The van der Waals surface area contributed by atoms with E-state index in [4.69, 9.17) is 21.1 Å². The highest BCUT2D eigenvalue weighted by molar-refractivity contribution is 6.30. The van der Waals surface area contributed by atoms with Gasteiger partial charge in [-0.15, -0.1) is 0 Å². The smallest absolute Gasteiger partial charge is 0.253 e. The van der Waals surface area contributed by atoms with Crippen LogP contribution in [0.4, 0.5) is 0 Å². The molecular formula is C23H27ClN2O4. The molecule has 0 aromatic heterocycles. The molecule has 1 aliphatic heterocycles. The number of piperidine rings is 1. The van der Waals surface area contributed by atoms with Crippen LogP contribution in [0.15, 0.2) is 42.5 Å². The SMILES string of the molecule is COc1ccc(C(=O)N2CCC(C(=O)NC(C)c3ccc(Cl)cc3)CC2)cc1OC. The average molecular weight is 431 g/mol. The largest absolute Gasteiger partial charge is 0.493 e. The summed E-state index contributed by atoms with van der Waals surface area (Å²) in [4.78, 5) is 27.3. The van der Waals surface area contributed by atoms with Crippen LogP contribution >= 0.6 is 11.6 Å². The lowest BCUT2D eigenvalue weighted by atomic mass is 9.94. The molecule has 1 unspecified atom stereocenters. The summed E-state index contributed by atoms with van der Waals surface area (Å²) in [7, 11) is 3.10. The summed E-state index contributed by atoms with van der Waals surface area (Å²) in [5, 5.41) is 3.74. The molecule has 0 radical (unpaired) electrons. The fourth-order valence-electron chi connectivity index (χ4n) is 3.66. The Morgan fingerprint density at radius 3 is 2.27 bits per heavy atom. The van der Waals surface area contributed by atoms with E-state index in [0.717, 1.165) is 5.56 Å². The second-order valence-electron chi connectivity index (χ2n) is 7.42. The topological polar surface area (TPSA) is 67.9 Å². The minimum absolute atomic E-state index is 0.0238. The molecule has 160 valence electrons. The van der Waals surface area contributed by atoms with Gasteiger partial charge in [0.1, 0.15) is 0 Å². The monoisotopic (exact) mass is 430 g/mol. The third-order valence-corrected chi connectivity index (χ3v) is 5.76. The number of nitrogens with zero attached hydrogens (tertiary/aromatic N) is 1. The summed E-state index contributed by atoms with van der Waals surface area (Å²) < 4.78 is 10.5. The van der Waals surface area contributed by atoms with Gasteiger partial charge in [0.25, 0.3) is 5.91 Å². The van der Waals surface area contributed by atoms with Crippen LogP contribution in [0.2, 0.25) is 5.02 Å². The molecule has 2 amide bonds. The van der Waals surface area contributed by atoms with Gasteiger partial charge in [0.15, 0.2) is 11.5 Å². The van der Waals surface area contributed by atoms with Crippen LogP contribution in [0.3, 0.4) is 0 Å². The highest BCUT2D eigenvalue weighted by atomic mass is 35.5. The first-order valence-corrected chi connectivity index (χ1v) is 10.4. The van der Waals surface area contributed by atoms with Gasteiger partial charge < -0.3 is 19.7 Å². The third kappa shape index (κ3) is 5.05. The average Bonchev–Trinajstić information content (AvgIpc) is 2.78. The van der Waals surface area contributed by atoms with Crippen molar-refractivity contribution in [3.05, 3.63) is 58.6 Å². The van der Waals surface area contributed by atoms with Crippen LogP contribution in [-0.4, -0.2) is 44.0 Å². The Hall–Kier alpha value is -2.73. The van der Waals surface area contributed by atoms with Crippen molar-refractivity contribution in [3.8, 4) is 11.5 Å². The van der Waals surface area contributed by atoms with Gasteiger partial charge in [-0.1, -0.05) is 23.7 Å². The third-order valence-electron chi connectivity index (χ3n) is 5.51. The zero-order valence-corrected chi connectivity index (χ0v) is 18.2. The van der Waals surface area contributed by atoms with Crippen molar-refractivity contribution in [2.45, 2.75) is 25.8 Å². The van der Waals surface area contributed by atoms with E-state index < -0.39 is 0 Å². The highest BCUT2D eigenvalue weighted by Gasteiger charge is 2.29. The van der Waals surface area contributed by atoms with Crippen molar-refractivity contribution in [1.82, 2.24) is 10.2 Å². The van der Waals surface area contributed by atoms with E-state index in [1.54, 1.807) is 37.3 Å². The first-order valence-electron chi connectivity index (χ1n) is 10.00. The lowest BCUT2D eigenvalue weighted by Crippen LogP contribution is -2.43. The van der Waals surface area contributed by atoms with Gasteiger partial charge in [-0.25, -0.2) is 0 Å². The van der Waals surface area contributed by atoms with E-state index in [0.29, 0.717) is 48.0 Å². The zero-order valence-electron chi connectivity index (χ0n) is 17.5. The van der Waals surface area contributed by atoms with Crippen LogP contribution in [0.1, 0.15) is 41.7 Å². The fourth-order valence-corrected chi connectivity index (χ4v) is 3.79. The van der Waals surface area contributed by atoms with E-state index in [9.17, 15) is 9.59 Å². The Labute approximate surface area is 182 Å². The second kappa shape index (κ2) is 9.85. The maximum Gasteiger partial charge on any atom is 0.253 e. The number of rotatable bonds is 6. The Morgan fingerprint density at radius 1 is 1.03 bits per heavy atom. The van der Waals surface area contributed by atoms with Gasteiger partial charge in [0, 0.05) is 29.6 Å². The molecule has 3 rings (SSSR count). The molecule has 1 fully saturated rings. The van der Waals surface area contributed by atoms with E-state index in [2.05, 4.69) is 5.32 Å². The molecule has 1 heterocycles. The number of ether oxygens (including phenoxy) is 2. The summed E-state index contributed by atoms with van der Waals surface area (Å²) in [5.41, 5.74) is 1.56. The molecule has 0 bridgehead atoms. The molecule has 2 aromatic rings. The summed E-state index contributed by atoms with van der Waals surface area (Å²) in [6.07, 6.45) is 1.27. The van der Waals surface area contributed by atoms with Gasteiger partial charge in [0.05, 0.1) is 20.3 Å². The molecule has 1 N–H and O–H groups in total. The van der Waals surface area contributed by atoms with E-state index >= 15 is 0 Å². The molecule has 1 aliphatic rings. The maximum atomic E-state index is 12.9. The lowest BCUT2D eigenvalue weighted by Gasteiger charge is -2.32. The molecule has 2 aromatic carbocycles. The molecule has 7 heteroatoms. The van der Waals surface area contributed by atoms with Gasteiger partial charge in [-0.05, 0) is 55.7 Å². The van der Waals surface area contributed by atoms with Crippen LogP contribution in [0.25, 0.3) is 0 Å². The first kappa shape index (κ1) is 22.0. The summed E-state index contributed by atoms with van der Waals surface area (Å²) in [6, 6.07) is 12.5. The predicted molar refractivity (Wildman–Crippen MR) is 116 cm³/mol. The van der Waals surface area contributed by atoms with Crippen LogP contribution in [0.5, 0.6) is 11.5 Å². The van der Waals surface area contributed by atoms with E-state index in [1.165, 1.54) is 0 Å². The summed E-state index contributed by atoms with van der Waals surface area (Å²) >= 11 is 5.93. The predicted octanol–water partition coefficient (Wildman–Crippen LogP) is 4.09. The number of carbonyl (C=O) groups is 2. The molecule has 1 atom stereocenters. The van der Waals surface area contributed by atoms with Crippen LogP contribution in [-0.2, 0) is 4.79 Å². The number of amides is 2. The summed E-state index contributed by atoms with van der Waals surface area (Å²) in [5.74, 6) is 0.960. The molecule has 6 nitrogen and oxygen atoms in total. The van der Waals surface area contributed by atoms with Gasteiger partial charge in [0.2, 0.25) is 5.91 Å². The Kier molecular flexibility index (Phi) is 7.21. The molecule has 0 aliphatic carbocycles. The molecule has 30 heavy (non-hydrogen) atoms. The number of halogens is 1. The lowest BCUT2D eigenvalue weighted by molar-refractivity contribution is -0.126. The number of likely N-dealkylation sites (tertiary alicyclic amines) is 1. The van der Waals surface area contributed by atoms with Crippen molar-refractivity contribution in [1.29, 1.82) is 0 Å². The first-order chi connectivity index (χ1) is 14.4.